The van der Waals surface area contributed by atoms with Crippen molar-refractivity contribution in [3.05, 3.63) is 53.3 Å². The number of fused-ring (bicyclic) bond motifs is 1. The molecule has 0 unspecified atom stereocenters. The van der Waals surface area contributed by atoms with Crippen LogP contribution in [0, 0.1) is 6.92 Å². The van der Waals surface area contributed by atoms with Crippen LogP contribution in [0.1, 0.15) is 5.69 Å². The van der Waals surface area contributed by atoms with Crippen LogP contribution >= 0.6 is 11.6 Å². The molecule has 2 aromatic heterocycles. The Bertz CT molecular complexity index is 717. The highest BCUT2D eigenvalue weighted by Crippen LogP contribution is 2.28. The van der Waals surface area contributed by atoms with Crippen molar-refractivity contribution in [2.45, 2.75) is 6.92 Å². The molecule has 0 fully saturated rings. The molecule has 3 rings (SSSR count). The fraction of sp³-hybridized carbons (Fsp3) is 0.0714. The molecule has 3 aromatic rings. The molecule has 2 heterocycles. The van der Waals surface area contributed by atoms with Gasteiger partial charge in [0, 0.05) is 11.3 Å². The summed E-state index contributed by atoms with van der Waals surface area (Å²) in [5.74, 6) is 0. The summed E-state index contributed by atoms with van der Waals surface area (Å²) in [4.78, 5) is 4.60. The van der Waals surface area contributed by atoms with Gasteiger partial charge in [0.1, 0.15) is 5.15 Å². The molecule has 0 atom stereocenters. The lowest BCUT2D eigenvalue weighted by atomic mass is 10.1. The maximum atomic E-state index is 6.20. The van der Waals surface area contributed by atoms with Crippen molar-refractivity contribution < 1.29 is 0 Å². The van der Waals surface area contributed by atoms with E-state index in [1.54, 1.807) is 12.1 Å². The minimum atomic E-state index is 0.617. The fourth-order valence-corrected chi connectivity index (χ4v) is 2.40. The first-order chi connectivity index (χ1) is 8.68. The lowest BCUT2D eigenvalue weighted by Gasteiger charge is -2.02. The molecule has 90 valence electrons. The zero-order chi connectivity index (χ0) is 12.7. The van der Waals surface area contributed by atoms with E-state index in [4.69, 9.17) is 17.3 Å². The maximum Gasteiger partial charge on any atom is 0.162 e. The predicted molar refractivity (Wildman–Crippen MR) is 74.8 cm³/mol. The second-order valence-corrected chi connectivity index (χ2v) is 4.57. The molecule has 0 aliphatic rings. The standard InChI is InChI=1S/C14H12ClN3/c1-9-13(10-5-3-2-4-6-10)17-14-11(16)7-8-12(15)18(9)14/h2-8H,16H2,1H3. The summed E-state index contributed by atoms with van der Waals surface area (Å²) in [6, 6.07) is 13.6. The molecule has 3 nitrogen and oxygen atoms in total. The van der Waals surface area contributed by atoms with Crippen molar-refractivity contribution in [1.82, 2.24) is 9.38 Å². The van der Waals surface area contributed by atoms with Gasteiger partial charge in [-0.25, -0.2) is 4.98 Å². The van der Waals surface area contributed by atoms with Crippen LogP contribution in [0.25, 0.3) is 16.9 Å². The third-order valence-corrected chi connectivity index (χ3v) is 3.32. The van der Waals surface area contributed by atoms with Crippen LogP contribution in [-0.4, -0.2) is 9.38 Å². The van der Waals surface area contributed by atoms with Crippen molar-refractivity contribution in [3.8, 4) is 11.3 Å². The summed E-state index contributed by atoms with van der Waals surface area (Å²) in [5.41, 5.74) is 10.3. The smallest absolute Gasteiger partial charge is 0.162 e. The summed E-state index contributed by atoms with van der Waals surface area (Å²) in [6.07, 6.45) is 0. The van der Waals surface area contributed by atoms with Crippen molar-refractivity contribution in [2.24, 2.45) is 0 Å². The molecule has 0 amide bonds. The Labute approximate surface area is 110 Å². The summed E-state index contributed by atoms with van der Waals surface area (Å²) in [7, 11) is 0. The number of aromatic nitrogens is 2. The van der Waals surface area contributed by atoms with Crippen molar-refractivity contribution in [2.75, 3.05) is 5.73 Å². The third-order valence-electron chi connectivity index (χ3n) is 3.03. The molecular weight excluding hydrogens is 246 g/mol. The number of imidazole rings is 1. The quantitative estimate of drug-likeness (QED) is 0.678. The van der Waals surface area contributed by atoms with Gasteiger partial charge >= 0.3 is 0 Å². The first kappa shape index (κ1) is 11.1. The number of anilines is 1. The molecule has 4 heteroatoms. The van der Waals surface area contributed by atoms with Crippen molar-refractivity contribution in [3.63, 3.8) is 0 Å². The number of benzene rings is 1. The molecule has 0 radical (unpaired) electrons. The Hall–Kier alpha value is -2.00. The minimum Gasteiger partial charge on any atom is -0.396 e. The molecule has 0 saturated carbocycles. The van der Waals surface area contributed by atoms with Gasteiger partial charge in [0.05, 0.1) is 11.4 Å². The van der Waals surface area contributed by atoms with Gasteiger partial charge in [-0.15, -0.1) is 0 Å². The molecule has 2 N–H and O–H groups in total. The van der Waals surface area contributed by atoms with E-state index in [1.807, 2.05) is 41.7 Å². The Balaban J connectivity index is 2.37. The second-order valence-electron chi connectivity index (χ2n) is 4.18. The second kappa shape index (κ2) is 4.03. The maximum absolute atomic E-state index is 6.20. The van der Waals surface area contributed by atoms with Gasteiger partial charge in [-0.05, 0) is 19.1 Å². The number of rotatable bonds is 1. The number of halogens is 1. The molecule has 0 aliphatic carbocycles. The highest BCUT2D eigenvalue weighted by atomic mass is 35.5. The topological polar surface area (TPSA) is 43.3 Å². The van der Waals surface area contributed by atoms with Crippen LogP contribution in [0.2, 0.25) is 5.15 Å². The van der Waals surface area contributed by atoms with Crippen LogP contribution in [0.5, 0.6) is 0 Å². The molecular formula is C14H12ClN3. The molecule has 18 heavy (non-hydrogen) atoms. The van der Waals surface area contributed by atoms with E-state index in [2.05, 4.69) is 4.98 Å². The highest BCUT2D eigenvalue weighted by molar-refractivity contribution is 6.30. The number of hydrogen-bond donors (Lipinski definition) is 1. The van der Waals surface area contributed by atoms with E-state index >= 15 is 0 Å². The first-order valence-electron chi connectivity index (χ1n) is 5.67. The normalized spacial score (nSPS) is 11.0. The third kappa shape index (κ3) is 1.56. The van der Waals surface area contributed by atoms with Crippen LogP contribution in [-0.2, 0) is 0 Å². The van der Waals surface area contributed by atoms with Crippen LogP contribution in [0.4, 0.5) is 5.69 Å². The van der Waals surface area contributed by atoms with E-state index in [0.29, 0.717) is 16.5 Å². The van der Waals surface area contributed by atoms with Gasteiger partial charge in [-0.1, -0.05) is 41.9 Å². The van der Waals surface area contributed by atoms with Gasteiger partial charge in [0.15, 0.2) is 5.65 Å². The molecule has 0 spiro atoms. The zero-order valence-corrected chi connectivity index (χ0v) is 10.6. The summed E-state index contributed by atoms with van der Waals surface area (Å²) < 4.78 is 1.87. The highest BCUT2D eigenvalue weighted by Gasteiger charge is 2.13. The van der Waals surface area contributed by atoms with E-state index in [-0.39, 0.29) is 0 Å². The number of nitrogens with two attached hydrogens (primary N) is 1. The average molecular weight is 258 g/mol. The average Bonchev–Trinajstić information content (AvgIpc) is 2.74. The van der Waals surface area contributed by atoms with Gasteiger partial charge in [-0.3, -0.25) is 4.40 Å². The first-order valence-corrected chi connectivity index (χ1v) is 6.05. The SMILES string of the molecule is Cc1c(-c2ccccc2)nc2c(N)ccc(Cl)n12. The monoisotopic (exact) mass is 257 g/mol. The molecule has 1 aromatic carbocycles. The largest absolute Gasteiger partial charge is 0.396 e. The van der Waals surface area contributed by atoms with E-state index in [1.165, 1.54) is 0 Å². The van der Waals surface area contributed by atoms with Crippen LogP contribution in [0.3, 0.4) is 0 Å². The Morgan fingerprint density at radius 1 is 1.11 bits per heavy atom. The zero-order valence-electron chi connectivity index (χ0n) is 9.89. The Morgan fingerprint density at radius 3 is 2.50 bits per heavy atom. The Morgan fingerprint density at radius 2 is 1.83 bits per heavy atom. The van der Waals surface area contributed by atoms with Crippen molar-refractivity contribution in [1.29, 1.82) is 0 Å². The predicted octanol–water partition coefficient (Wildman–Crippen LogP) is 3.55. The van der Waals surface area contributed by atoms with Gasteiger partial charge in [-0.2, -0.15) is 0 Å². The minimum absolute atomic E-state index is 0.617. The number of aryl methyl sites for hydroxylation is 1. The number of nitrogen functional groups attached to an aromatic ring is 1. The number of hydrogen-bond acceptors (Lipinski definition) is 2. The summed E-state index contributed by atoms with van der Waals surface area (Å²) >= 11 is 6.20. The van der Waals surface area contributed by atoms with Crippen LogP contribution in [0.15, 0.2) is 42.5 Å². The lowest BCUT2D eigenvalue weighted by Crippen LogP contribution is -1.94. The number of nitrogens with zero attached hydrogens (tertiary/aromatic N) is 2. The molecule has 0 aliphatic heterocycles. The van der Waals surface area contributed by atoms with E-state index in [9.17, 15) is 0 Å². The molecule has 0 bridgehead atoms. The van der Waals surface area contributed by atoms with E-state index < -0.39 is 0 Å². The summed E-state index contributed by atoms with van der Waals surface area (Å²) in [6.45, 7) is 1.99. The molecule has 0 saturated heterocycles. The summed E-state index contributed by atoms with van der Waals surface area (Å²) in [5, 5.41) is 0.617. The number of pyridine rings is 1. The van der Waals surface area contributed by atoms with Gasteiger partial charge in [0.25, 0.3) is 0 Å². The fourth-order valence-electron chi connectivity index (χ4n) is 2.13. The van der Waals surface area contributed by atoms with Crippen molar-refractivity contribution >= 4 is 22.9 Å². The van der Waals surface area contributed by atoms with Crippen LogP contribution < -0.4 is 5.73 Å². The van der Waals surface area contributed by atoms with Gasteiger partial charge < -0.3 is 5.73 Å². The van der Waals surface area contributed by atoms with Gasteiger partial charge in [0.2, 0.25) is 0 Å². The Kier molecular flexibility index (Phi) is 2.49. The van der Waals surface area contributed by atoms with E-state index in [0.717, 1.165) is 17.0 Å². The lowest BCUT2D eigenvalue weighted by molar-refractivity contribution is 1.11.